The highest BCUT2D eigenvalue weighted by atomic mass is 19.1. The summed E-state index contributed by atoms with van der Waals surface area (Å²) >= 11 is 0. The molecule has 2 atom stereocenters. The van der Waals surface area contributed by atoms with Crippen LogP contribution < -0.4 is 5.32 Å². The fourth-order valence-corrected chi connectivity index (χ4v) is 3.34. The van der Waals surface area contributed by atoms with Crippen LogP contribution in [0.4, 0.5) is 4.39 Å². The third-order valence-electron chi connectivity index (χ3n) is 5.15. The van der Waals surface area contributed by atoms with E-state index in [2.05, 4.69) is 32.5 Å². The monoisotopic (exact) mass is 382 g/mol. The first-order valence-corrected chi connectivity index (χ1v) is 9.53. The summed E-state index contributed by atoms with van der Waals surface area (Å²) in [6.07, 6.45) is 2.98. The molecule has 6 heteroatoms. The van der Waals surface area contributed by atoms with Crippen molar-refractivity contribution in [2.24, 2.45) is 0 Å². The number of benzene rings is 2. The molecule has 2 aromatic carbocycles. The Bertz CT molecular complexity index is 937. The van der Waals surface area contributed by atoms with Gasteiger partial charge in [-0.25, -0.2) is 4.39 Å². The van der Waals surface area contributed by atoms with Crippen molar-refractivity contribution in [3.05, 3.63) is 65.6 Å². The number of nitrogens with zero attached hydrogens (tertiary/aromatic N) is 2. The molecule has 2 N–H and O–H groups in total. The lowest BCUT2D eigenvalue weighted by Gasteiger charge is -2.25. The molecule has 1 aromatic heterocycles. The maximum Gasteiger partial charge on any atom is 0.220 e. The van der Waals surface area contributed by atoms with Crippen LogP contribution in [0.25, 0.3) is 10.9 Å². The molecule has 3 aromatic rings. The number of carbonyl (C=O) groups is 1. The second kappa shape index (κ2) is 8.97. The number of amides is 1. The first-order valence-electron chi connectivity index (χ1n) is 9.53. The van der Waals surface area contributed by atoms with E-state index in [0.29, 0.717) is 13.0 Å². The summed E-state index contributed by atoms with van der Waals surface area (Å²) in [5, 5.41) is 11.1. The Morgan fingerprint density at radius 1 is 1.25 bits per heavy atom. The van der Waals surface area contributed by atoms with Crippen molar-refractivity contribution in [1.29, 1.82) is 0 Å². The van der Waals surface area contributed by atoms with Gasteiger partial charge in [-0.1, -0.05) is 25.1 Å². The molecule has 1 amide bonds. The molecule has 0 aliphatic carbocycles. The van der Waals surface area contributed by atoms with Crippen LogP contribution in [0, 0.1) is 5.82 Å². The van der Waals surface area contributed by atoms with E-state index in [9.17, 15) is 9.18 Å². The van der Waals surface area contributed by atoms with Gasteiger partial charge in [0, 0.05) is 24.4 Å². The molecule has 28 heavy (non-hydrogen) atoms. The Labute approximate surface area is 164 Å². The van der Waals surface area contributed by atoms with Gasteiger partial charge < -0.3 is 10.2 Å². The quantitative estimate of drug-likeness (QED) is 0.627. The number of H-pyrrole nitrogens is 1. The Kier molecular flexibility index (Phi) is 6.41. The maximum absolute atomic E-state index is 13.4. The van der Waals surface area contributed by atoms with Gasteiger partial charge in [0.05, 0.1) is 11.7 Å². The third-order valence-corrected chi connectivity index (χ3v) is 5.15. The van der Waals surface area contributed by atoms with Gasteiger partial charge in [-0.15, -0.1) is 0 Å². The molecule has 0 fully saturated rings. The van der Waals surface area contributed by atoms with Crippen LogP contribution in [-0.2, 0) is 11.2 Å². The van der Waals surface area contributed by atoms with E-state index in [1.54, 1.807) is 6.07 Å². The van der Waals surface area contributed by atoms with E-state index in [-0.39, 0.29) is 23.7 Å². The lowest BCUT2D eigenvalue weighted by molar-refractivity contribution is -0.121. The molecule has 0 bridgehead atoms. The van der Waals surface area contributed by atoms with Gasteiger partial charge in [0.25, 0.3) is 0 Å². The number of carbonyl (C=O) groups excluding carboxylic acids is 1. The molecule has 0 aliphatic rings. The highest BCUT2D eigenvalue weighted by Crippen LogP contribution is 2.20. The molecule has 0 saturated heterocycles. The van der Waals surface area contributed by atoms with E-state index < -0.39 is 0 Å². The number of hydrogen-bond acceptors (Lipinski definition) is 3. The number of rotatable bonds is 8. The van der Waals surface area contributed by atoms with Crippen LogP contribution in [-0.4, -0.2) is 47.7 Å². The van der Waals surface area contributed by atoms with Crippen LogP contribution in [0.1, 0.15) is 30.4 Å². The molecule has 0 aliphatic heterocycles. The summed E-state index contributed by atoms with van der Waals surface area (Å²) in [5.41, 5.74) is 3.06. The summed E-state index contributed by atoms with van der Waals surface area (Å²) in [6.45, 7) is 2.50. The van der Waals surface area contributed by atoms with Gasteiger partial charge in [-0.2, -0.15) is 5.10 Å². The van der Waals surface area contributed by atoms with Crippen molar-refractivity contribution in [1.82, 2.24) is 20.4 Å². The molecular weight excluding hydrogens is 355 g/mol. The zero-order valence-corrected chi connectivity index (χ0v) is 16.6. The number of likely N-dealkylation sites (N-methyl/N-ethyl adjacent to an activating group) is 1. The SMILES string of the molecule is C[C@H](CC(=O)NC[C@H](Cc1ccc2[nH]ncc2c1)N(C)C)c1cccc(F)c1. The molecule has 3 rings (SSSR count). The minimum Gasteiger partial charge on any atom is -0.355 e. The van der Waals surface area contributed by atoms with Crippen LogP contribution in [0.2, 0.25) is 0 Å². The number of aromatic amines is 1. The van der Waals surface area contributed by atoms with Gasteiger partial charge in [-0.05, 0) is 61.8 Å². The second-order valence-electron chi connectivity index (χ2n) is 7.58. The maximum atomic E-state index is 13.4. The number of halogens is 1. The van der Waals surface area contributed by atoms with E-state index in [1.165, 1.54) is 17.7 Å². The van der Waals surface area contributed by atoms with Gasteiger partial charge in [0.2, 0.25) is 5.91 Å². The number of nitrogens with one attached hydrogen (secondary N) is 2. The Hall–Kier alpha value is -2.73. The van der Waals surface area contributed by atoms with E-state index in [0.717, 1.165) is 22.9 Å². The summed E-state index contributed by atoms with van der Waals surface area (Å²) in [5.74, 6) is -0.321. The van der Waals surface area contributed by atoms with E-state index >= 15 is 0 Å². The summed E-state index contributed by atoms with van der Waals surface area (Å²) in [7, 11) is 4.03. The smallest absolute Gasteiger partial charge is 0.220 e. The van der Waals surface area contributed by atoms with E-state index in [4.69, 9.17) is 0 Å². The molecule has 0 spiro atoms. The fraction of sp³-hybridized carbons (Fsp3) is 0.364. The highest BCUT2D eigenvalue weighted by Gasteiger charge is 2.16. The predicted octanol–water partition coefficient (Wildman–Crippen LogP) is 3.48. The molecule has 0 unspecified atom stereocenters. The van der Waals surface area contributed by atoms with Crippen LogP contribution >= 0.6 is 0 Å². The third kappa shape index (κ3) is 5.16. The first-order chi connectivity index (χ1) is 13.4. The minimum absolute atomic E-state index is 0.0195. The predicted molar refractivity (Wildman–Crippen MR) is 110 cm³/mol. The van der Waals surface area contributed by atoms with Crippen LogP contribution in [0.5, 0.6) is 0 Å². The highest BCUT2D eigenvalue weighted by molar-refractivity contribution is 5.78. The first kappa shape index (κ1) is 20.0. The standard InChI is InChI=1S/C22H27FN4O/c1-15(17-5-4-6-19(23)12-17)9-22(28)24-14-20(27(2)3)11-16-7-8-21-18(10-16)13-25-26-21/h4-8,10,12-13,15,20H,9,11,14H2,1-3H3,(H,24,28)(H,25,26)/t15-,20+/m1/s1. The molecule has 5 nitrogen and oxygen atoms in total. The van der Waals surface area contributed by atoms with E-state index in [1.807, 2.05) is 39.3 Å². The number of hydrogen-bond donors (Lipinski definition) is 2. The van der Waals surface area contributed by atoms with Crippen molar-refractivity contribution >= 4 is 16.8 Å². The van der Waals surface area contributed by atoms with Gasteiger partial charge in [0.1, 0.15) is 5.82 Å². The average Bonchev–Trinajstić information content (AvgIpc) is 3.12. The van der Waals surface area contributed by atoms with Crippen molar-refractivity contribution in [2.75, 3.05) is 20.6 Å². The molecular formula is C22H27FN4O. The summed E-state index contributed by atoms with van der Waals surface area (Å²) in [6, 6.07) is 12.9. The molecule has 0 radical (unpaired) electrons. The topological polar surface area (TPSA) is 61.0 Å². The lowest BCUT2D eigenvalue weighted by atomic mass is 9.97. The van der Waals surface area contributed by atoms with Crippen molar-refractivity contribution in [3.63, 3.8) is 0 Å². The second-order valence-corrected chi connectivity index (χ2v) is 7.58. The van der Waals surface area contributed by atoms with Crippen molar-refractivity contribution in [3.8, 4) is 0 Å². The molecule has 0 saturated carbocycles. The minimum atomic E-state index is -0.271. The van der Waals surface area contributed by atoms with Crippen molar-refractivity contribution < 1.29 is 9.18 Å². The van der Waals surface area contributed by atoms with Gasteiger partial charge >= 0.3 is 0 Å². The molecule has 148 valence electrons. The average molecular weight is 382 g/mol. The molecule has 1 heterocycles. The Morgan fingerprint density at radius 3 is 2.82 bits per heavy atom. The lowest BCUT2D eigenvalue weighted by Crippen LogP contribution is -2.41. The number of fused-ring (bicyclic) bond motifs is 1. The Morgan fingerprint density at radius 2 is 2.07 bits per heavy atom. The van der Waals surface area contributed by atoms with Crippen LogP contribution in [0.15, 0.2) is 48.7 Å². The fourth-order valence-electron chi connectivity index (χ4n) is 3.34. The van der Waals surface area contributed by atoms with Gasteiger partial charge in [-0.3, -0.25) is 9.89 Å². The van der Waals surface area contributed by atoms with Crippen molar-refractivity contribution in [2.45, 2.75) is 31.7 Å². The van der Waals surface area contributed by atoms with Gasteiger partial charge in [0.15, 0.2) is 0 Å². The normalized spacial score (nSPS) is 13.6. The summed E-state index contributed by atoms with van der Waals surface area (Å²) in [4.78, 5) is 14.5. The summed E-state index contributed by atoms with van der Waals surface area (Å²) < 4.78 is 13.4. The van der Waals surface area contributed by atoms with Crippen LogP contribution in [0.3, 0.4) is 0 Å². The number of aromatic nitrogens is 2. The Balaban J connectivity index is 1.55. The zero-order valence-electron chi connectivity index (χ0n) is 16.6. The zero-order chi connectivity index (χ0) is 20.1. The largest absolute Gasteiger partial charge is 0.355 e.